The molecule has 0 saturated carbocycles. The third-order valence-corrected chi connectivity index (χ3v) is 3.73. The number of imidazole rings is 1. The van der Waals surface area contributed by atoms with Gasteiger partial charge in [0.2, 0.25) is 5.88 Å². The summed E-state index contributed by atoms with van der Waals surface area (Å²) in [5.41, 5.74) is 3.76. The predicted molar refractivity (Wildman–Crippen MR) is 81.5 cm³/mol. The molecule has 0 spiro atoms. The van der Waals surface area contributed by atoms with Gasteiger partial charge < -0.3 is 9.47 Å². The first-order valence-corrected chi connectivity index (χ1v) is 7.30. The third-order valence-electron chi connectivity index (χ3n) is 3.73. The maximum absolute atomic E-state index is 11.6. The number of nitrogens with zero attached hydrogens (tertiary/aromatic N) is 4. The molecule has 116 valence electrons. The highest BCUT2D eigenvalue weighted by atomic mass is 16.7. The third kappa shape index (κ3) is 2.17. The van der Waals surface area contributed by atoms with E-state index in [2.05, 4.69) is 10.1 Å². The van der Waals surface area contributed by atoms with Crippen LogP contribution in [0, 0.1) is 0 Å². The predicted octanol–water partition coefficient (Wildman–Crippen LogP) is 2.63. The van der Waals surface area contributed by atoms with Crippen molar-refractivity contribution in [2.24, 2.45) is 0 Å². The van der Waals surface area contributed by atoms with Gasteiger partial charge in [-0.05, 0) is 19.1 Å². The number of ether oxygens (including phenoxy) is 2. The number of hydrogen-bond donors (Lipinski definition) is 0. The molecule has 7 nitrogen and oxygen atoms in total. The van der Waals surface area contributed by atoms with Crippen LogP contribution in [0.5, 0.6) is 5.88 Å². The van der Waals surface area contributed by atoms with Gasteiger partial charge in [0.25, 0.3) is 0 Å². The zero-order valence-electron chi connectivity index (χ0n) is 12.5. The van der Waals surface area contributed by atoms with Gasteiger partial charge in [0.15, 0.2) is 0 Å². The van der Waals surface area contributed by atoms with Crippen LogP contribution in [-0.2, 0) is 11.3 Å². The van der Waals surface area contributed by atoms with Crippen molar-refractivity contribution in [1.29, 1.82) is 0 Å². The minimum atomic E-state index is -0.757. The highest BCUT2D eigenvalue weighted by molar-refractivity contribution is 5.72. The van der Waals surface area contributed by atoms with Crippen molar-refractivity contribution >= 4 is 6.16 Å². The minimum Gasteiger partial charge on any atom is -0.434 e. The summed E-state index contributed by atoms with van der Waals surface area (Å²) in [6.45, 7) is 2.42. The lowest BCUT2D eigenvalue weighted by Gasteiger charge is -2.08. The van der Waals surface area contributed by atoms with Crippen molar-refractivity contribution in [3.63, 3.8) is 0 Å². The van der Waals surface area contributed by atoms with Crippen molar-refractivity contribution in [2.45, 2.75) is 13.5 Å². The fourth-order valence-electron chi connectivity index (χ4n) is 2.75. The molecule has 1 aliphatic heterocycles. The Balaban J connectivity index is 1.85. The van der Waals surface area contributed by atoms with Gasteiger partial charge in [-0.15, -0.1) is 0 Å². The minimum absolute atomic E-state index is 0.238. The molecule has 0 atom stereocenters. The molecule has 0 aliphatic carbocycles. The number of rotatable bonds is 2. The molecule has 0 radical (unpaired) electrons. The van der Waals surface area contributed by atoms with Crippen molar-refractivity contribution in [3.05, 3.63) is 48.5 Å². The second-order valence-electron chi connectivity index (χ2n) is 5.04. The van der Waals surface area contributed by atoms with E-state index in [1.807, 2.05) is 39.6 Å². The standard InChI is InChI=1S/C16H14N4O3/c1-2-22-16(21)23-15-14-9-20-13(7-8-18-20)11-5-3-4-6-12(11)19(14)10-17-15/h3-8,10H,2,9H2,1H3. The second-order valence-corrected chi connectivity index (χ2v) is 5.04. The Morgan fingerprint density at radius 2 is 2.17 bits per heavy atom. The molecule has 0 unspecified atom stereocenters. The lowest BCUT2D eigenvalue weighted by Crippen LogP contribution is -2.13. The molecule has 23 heavy (non-hydrogen) atoms. The molecule has 3 aromatic rings. The SMILES string of the molecule is CCOC(=O)Oc1ncn2c1Cn1nccc1-c1ccccc1-2. The average Bonchev–Trinajstić information content (AvgIpc) is 3.13. The zero-order chi connectivity index (χ0) is 15.8. The van der Waals surface area contributed by atoms with Gasteiger partial charge in [-0.1, -0.05) is 18.2 Å². The molecule has 1 aliphatic rings. The number of benzene rings is 1. The van der Waals surface area contributed by atoms with Gasteiger partial charge in [0.05, 0.1) is 24.5 Å². The number of aromatic nitrogens is 4. The molecule has 0 fully saturated rings. The lowest BCUT2D eigenvalue weighted by atomic mass is 10.1. The number of para-hydroxylation sites is 1. The number of hydrogen-bond acceptors (Lipinski definition) is 5. The van der Waals surface area contributed by atoms with E-state index in [1.165, 1.54) is 0 Å². The number of carbonyl (C=O) groups excluding carboxylic acids is 1. The largest absolute Gasteiger partial charge is 0.515 e. The fourth-order valence-corrected chi connectivity index (χ4v) is 2.75. The van der Waals surface area contributed by atoms with E-state index in [1.54, 1.807) is 19.4 Å². The van der Waals surface area contributed by atoms with E-state index in [9.17, 15) is 4.79 Å². The Kier molecular flexibility index (Phi) is 3.11. The van der Waals surface area contributed by atoms with Crippen LogP contribution >= 0.6 is 0 Å². The molecule has 0 amide bonds. The maximum Gasteiger partial charge on any atom is 0.515 e. The molecule has 0 N–H and O–H groups in total. The normalized spacial score (nSPS) is 11.9. The summed E-state index contributed by atoms with van der Waals surface area (Å²) in [7, 11) is 0. The van der Waals surface area contributed by atoms with Gasteiger partial charge in [-0.2, -0.15) is 5.10 Å². The van der Waals surface area contributed by atoms with Crippen LogP contribution in [0.4, 0.5) is 4.79 Å². The first kappa shape index (κ1) is 13.6. The summed E-state index contributed by atoms with van der Waals surface area (Å²) in [6.07, 6.45) is 2.64. The topological polar surface area (TPSA) is 71.2 Å². The summed E-state index contributed by atoms with van der Waals surface area (Å²) >= 11 is 0. The maximum atomic E-state index is 11.6. The van der Waals surface area contributed by atoms with Gasteiger partial charge in [0, 0.05) is 11.8 Å². The molecular weight excluding hydrogens is 296 g/mol. The quantitative estimate of drug-likeness (QED) is 0.532. The van der Waals surface area contributed by atoms with E-state index in [0.29, 0.717) is 6.54 Å². The molecule has 4 rings (SSSR count). The second kappa shape index (κ2) is 5.28. The van der Waals surface area contributed by atoms with Crippen LogP contribution in [0.15, 0.2) is 42.9 Å². The van der Waals surface area contributed by atoms with E-state index in [-0.39, 0.29) is 12.5 Å². The first-order chi connectivity index (χ1) is 11.3. The van der Waals surface area contributed by atoms with Crippen molar-refractivity contribution in [2.75, 3.05) is 6.61 Å². The highest BCUT2D eigenvalue weighted by Gasteiger charge is 2.24. The molecule has 0 bridgehead atoms. The lowest BCUT2D eigenvalue weighted by molar-refractivity contribution is 0.102. The highest BCUT2D eigenvalue weighted by Crippen LogP contribution is 2.33. The molecule has 7 heteroatoms. The summed E-state index contributed by atoms with van der Waals surface area (Å²) in [5, 5.41) is 4.35. The molecule has 1 aromatic carbocycles. The van der Waals surface area contributed by atoms with Crippen molar-refractivity contribution in [3.8, 4) is 22.8 Å². The van der Waals surface area contributed by atoms with Crippen molar-refractivity contribution < 1.29 is 14.3 Å². The van der Waals surface area contributed by atoms with Crippen molar-refractivity contribution in [1.82, 2.24) is 19.3 Å². The zero-order valence-corrected chi connectivity index (χ0v) is 12.5. The van der Waals surface area contributed by atoms with Gasteiger partial charge in [0.1, 0.15) is 12.0 Å². The van der Waals surface area contributed by atoms with Gasteiger partial charge in [-0.25, -0.2) is 9.78 Å². The molecule has 2 aromatic heterocycles. The molecular formula is C16H14N4O3. The summed E-state index contributed by atoms with van der Waals surface area (Å²) in [6, 6.07) is 9.93. The first-order valence-electron chi connectivity index (χ1n) is 7.30. The van der Waals surface area contributed by atoms with Crippen LogP contribution in [-0.4, -0.2) is 32.1 Å². The Hall–Kier alpha value is -3.09. The van der Waals surface area contributed by atoms with E-state index < -0.39 is 6.16 Å². The van der Waals surface area contributed by atoms with Crippen LogP contribution in [0.25, 0.3) is 16.9 Å². The smallest absolute Gasteiger partial charge is 0.434 e. The Labute approximate surface area is 132 Å². The average molecular weight is 310 g/mol. The van der Waals surface area contributed by atoms with Crippen LogP contribution in [0.1, 0.15) is 12.6 Å². The van der Waals surface area contributed by atoms with E-state index in [0.717, 1.165) is 22.6 Å². The Morgan fingerprint density at radius 1 is 1.30 bits per heavy atom. The fraction of sp³-hybridized carbons (Fsp3) is 0.188. The van der Waals surface area contributed by atoms with E-state index >= 15 is 0 Å². The number of carbonyl (C=O) groups is 1. The summed E-state index contributed by atoms with van der Waals surface area (Å²) in [4.78, 5) is 15.8. The van der Waals surface area contributed by atoms with Crippen LogP contribution in [0.3, 0.4) is 0 Å². The number of fused-ring (bicyclic) bond motifs is 5. The van der Waals surface area contributed by atoms with Gasteiger partial charge in [-0.3, -0.25) is 9.25 Å². The monoisotopic (exact) mass is 310 g/mol. The molecule has 3 heterocycles. The van der Waals surface area contributed by atoms with Gasteiger partial charge >= 0.3 is 6.16 Å². The van der Waals surface area contributed by atoms with E-state index in [4.69, 9.17) is 9.47 Å². The summed E-state index contributed by atoms with van der Waals surface area (Å²) < 4.78 is 13.8. The summed E-state index contributed by atoms with van der Waals surface area (Å²) in [5.74, 6) is 0.238. The van der Waals surface area contributed by atoms with Crippen LogP contribution in [0.2, 0.25) is 0 Å². The molecule has 0 saturated heterocycles. The Morgan fingerprint density at radius 3 is 3.04 bits per heavy atom. The van der Waals surface area contributed by atoms with Crippen LogP contribution < -0.4 is 4.74 Å². The Bertz CT molecular complexity index is 881.